The van der Waals surface area contributed by atoms with Crippen molar-refractivity contribution in [3.8, 4) is 0 Å². The van der Waals surface area contributed by atoms with Crippen molar-refractivity contribution in [3.05, 3.63) is 37.8 Å². The number of thioether (sulfide) groups is 1. The van der Waals surface area contributed by atoms with Crippen LogP contribution in [0.15, 0.2) is 14.4 Å². The number of aromatic amines is 1. The van der Waals surface area contributed by atoms with Crippen molar-refractivity contribution in [1.82, 2.24) is 15.0 Å². The molecule has 0 unspecified atom stereocenters. The van der Waals surface area contributed by atoms with Crippen molar-refractivity contribution in [1.29, 1.82) is 0 Å². The van der Waals surface area contributed by atoms with Gasteiger partial charge in [-0.15, -0.1) is 34.4 Å². The Balaban J connectivity index is 1.72. The Morgan fingerprint density at radius 1 is 1.35 bits per heavy atom. The quantitative estimate of drug-likeness (QED) is 0.758. The van der Waals surface area contributed by atoms with Crippen LogP contribution >= 0.6 is 34.4 Å². The van der Waals surface area contributed by atoms with Crippen LogP contribution < -0.4 is 5.56 Å². The summed E-state index contributed by atoms with van der Waals surface area (Å²) in [5.41, 5.74) is 2.19. The number of thiophene rings is 1. The summed E-state index contributed by atoms with van der Waals surface area (Å²) in [5, 5.41) is 4.00. The summed E-state index contributed by atoms with van der Waals surface area (Å²) in [5.74, 6) is 2.29. The Morgan fingerprint density at radius 3 is 3.00 bits per heavy atom. The highest BCUT2D eigenvalue weighted by molar-refractivity contribution is 8.01. The Labute approximate surface area is 146 Å². The number of nitrogens with one attached hydrogen (secondary N) is 1. The van der Waals surface area contributed by atoms with E-state index in [9.17, 15) is 4.79 Å². The SMILES string of the molecule is CC(C)c1nc(Cc2nc3sc4c(c3c(=O)[nH]2)CCCS4)cs1. The lowest BCUT2D eigenvalue weighted by Crippen LogP contribution is -2.13. The van der Waals surface area contributed by atoms with Crippen molar-refractivity contribution >= 4 is 44.7 Å². The summed E-state index contributed by atoms with van der Waals surface area (Å²) >= 11 is 5.19. The number of fused-ring (bicyclic) bond motifs is 3. The van der Waals surface area contributed by atoms with Crippen LogP contribution in [0.2, 0.25) is 0 Å². The maximum Gasteiger partial charge on any atom is 0.259 e. The first-order chi connectivity index (χ1) is 11.1. The number of hydrogen-bond donors (Lipinski definition) is 1. The van der Waals surface area contributed by atoms with Gasteiger partial charge in [-0.25, -0.2) is 9.97 Å². The first-order valence-corrected chi connectivity index (χ1v) is 10.4. The molecule has 120 valence electrons. The fraction of sp³-hybridized carbons (Fsp3) is 0.438. The molecule has 4 nitrogen and oxygen atoms in total. The third kappa shape index (κ3) is 2.86. The van der Waals surface area contributed by atoms with Gasteiger partial charge in [-0.2, -0.15) is 0 Å². The van der Waals surface area contributed by atoms with E-state index in [1.54, 1.807) is 22.7 Å². The molecular formula is C16H17N3OS3. The van der Waals surface area contributed by atoms with Crippen LogP contribution in [0.4, 0.5) is 0 Å². The Kier molecular flexibility index (Phi) is 4.03. The number of aromatic nitrogens is 3. The van der Waals surface area contributed by atoms with Gasteiger partial charge in [0.2, 0.25) is 0 Å². The van der Waals surface area contributed by atoms with Crippen molar-refractivity contribution in [2.24, 2.45) is 0 Å². The van der Waals surface area contributed by atoms with Crippen LogP contribution in [0, 0.1) is 0 Å². The molecule has 3 aromatic heterocycles. The lowest BCUT2D eigenvalue weighted by Gasteiger charge is -2.09. The molecule has 1 aliphatic heterocycles. The van der Waals surface area contributed by atoms with E-state index in [0.29, 0.717) is 18.2 Å². The largest absolute Gasteiger partial charge is 0.310 e. The number of rotatable bonds is 3. The van der Waals surface area contributed by atoms with E-state index in [0.717, 1.165) is 39.5 Å². The minimum atomic E-state index is 0.00399. The van der Waals surface area contributed by atoms with Gasteiger partial charge in [-0.1, -0.05) is 13.8 Å². The lowest BCUT2D eigenvalue weighted by molar-refractivity contribution is 0.836. The van der Waals surface area contributed by atoms with E-state index in [1.807, 2.05) is 11.8 Å². The van der Waals surface area contributed by atoms with Gasteiger partial charge < -0.3 is 4.98 Å². The molecule has 0 saturated heterocycles. The van der Waals surface area contributed by atoms with E-state index >= 15 is 0 Å². The van der Waals surface area contributed by atoms with Crippen LogP contribution in [-0.2, 0) is 12.8 Å². The number of thiazole rings is 1. The van der Waals surface area contributed by atoms with E-state index in [4.69, 9.17) is 4.98 Å². The molecule has 0 aliphatic carbocycles. The molecule has 1 aliphatic rings. The van der Waals surface area contributed by atoms with Crippen LogP contribution in [0.25, 0.3) is 10.2 Å². The second kappa shape index (κ2) is 6.03. The average molecular weight is 364 g/mol. The molecule has 0 atom stereocenters. The molecule has 4 heterocycles. The summed E-state index contributed by atoms with van der Waals surface area (Å²) in [6, 6.07) is 0. The van der Waals surface area contributed by atoms with Gasteiger partial charge in [-0.05, 0) is 24.2 Å². The number of hydrogen-bond acceptors (Lipinski definition) is 6. The summed E-state index contributed by atoms with van der Waals surface area (Å²) in [6.45, 7) is 4.28. The maximum absolute atomic E-state index is 12.5. The molecule has 0 radical (unpaired) electrons. The number of aryl methyl sites for hydroxylation is 1. The topological polar surface area (TPSA) is 58.6 Å². The molecule has 1 N–H and O–H groups in total. The van der Waals surface area contributed by atoms with Crippen LogP contribution in [-0.4, -0.2) is 20.7 Å². The highest BCUT2D eigenvalue weighted by Gasteiger charge is 2.20. The van der Waals surface area contributed by atoms with Crippen molar-refractivity contribution in [3.63, 3.8) is 0 Å². The minimum Gasteiger partial charge on any atom is -0.310 e. The van der Waals surface area contributed by atoms with Gasteiger partial charge in [0.25, 0.3) is 5.56 Å². The number of nitrogens with zero attached hydrogens (tertiary/aromatic N) is 2. The summed E-state index contributed by atoms with van der Waals surface area (Å²) in [6.07, 6.45) is 2.72. The Morgan fingerprint density at radius 2 is 2.22 bits per heavy atom. The van der Waals surface area contributed by atoms with E-state index in [-0.39, 0.29) is 5.56 Å². The summed E-state index contributed by atoms with van der Waals surface area (Å²) in [4.78, 5) is 25.7. The average Bonchev–Trinajstić information content (AvgIpc) is 3.11. The zero-order valence-corrected chi connectivity index (χ0v) is 15.5. The third-order valence-corrected chi connectivity index (χ3v) is 7.61. The van der Waals surface area contributed by atoms with Gasteiger partial charge >= 0.3 is 0 Å². The minimum absolute atomic E-state index is 0.00399. The highest BCUT2D eigenvalue weighted by atomic mass is 32.2. The van der Waals surface area contributed by atoms with E-state index in [1.165, 1.54) is 9.77 Å². The van der Waals surface area contributed by atoms with Gasteiger partial charge in [0.05, 0.1) is 20.3 Å². The smallest absolute Gasteiger partial charge is 0.259 e. The second-order valence-corrected chi connectivity index (χ2v) is 9.27. The van der Waals surface area contributed by atoms with Crippen molar-refractivity contribution < 1.29 is 0 Å². The molecule has 0 spiro atoms. The monoisotopic (exact) mass is 363 g/mol. The maximum atomic E-state index is 12.5. The van der Waals surface area contributed by atoms with Crippen LogP contribution in [0.5, 0.6) is 0 Å². The molecule has 0 aromatic carbocycles. The van der Waals surface area contributed by atoms with Gasteiger partial charge in [0.15, 0.2) is 0 Å². The molecule has 7 heteroatoms. The first kappa shape index (κ1) is 15.4. The van der Waals surface area contributed by atoms with Crippen LogP contribution in [0.1, 0.15) is 48.3 Å². The summed E-state index contributed by atoms with van der Waals surface area (Å²) in [7, 11) is 0. The molecule has 0 saturated carbocycles. The molecule has 0 amide bonds. The van der Waals surface area contributed by atoms with Gasteiger partial charge in [0, 0.05) is 17.7 Å². The summed E-state index contributed by atoms with van der Waals surface area (Å²) < 4.78 is 1.28. The Bertz CT molecular complexity index is 922. The van der Waals surface area contributed by atoms with Crippen molar-refractivity contribution in [2.75, 3.05) is 5.75 Å². The number of H-pyrrole nitrogens is 1. The van der Waals surface area contributed by atoms with Crippen LogP contribution in [0.3, 0.4) is 0 Å². The van der Waals surface area contributed by atoms with E-state index in [2.05, 4.69) is 29.2 Å². The molecule has 23 heavy (non-hydrogen) atoms. The predicted octanol–water partition coefficient (Wildman–Crippen LogP) is 4.19. The highest BCUT2D eigenvalue weighted by Crippen LogP contribution is 2.40. The standard InChI is InChI=1S/C16H17N3OS3/c1-8(2)14-17-9(7-22-14)6-11-18-13(20)12-10-4-3-5-21-16(10)23-15(12)19-11/h7-8H,3-6H2,1-2H3,(H,18,19,20). The second-order valence-electron chi connectivity index (χ2n) is 6.02. The Hall–Kier alpha value is -1.18. The first-order valence-electron chi connectivity index (χ1n) is 7.73. The molecular weight excluding hydrogens is 346 g/mol. The molecule has 4 rings (SSSR count). The zero-order valence-electron chi connectivity index (χ0n) is 13.0. The predicted molar refractivity (Wildman–Crippen MR) is 98.3 cm³/mol. The fourth-order valence-corrected chi connectivity index (χ4v) is 6.16. The fourth-order valence-electron chi connectivity index (χ4n) is 2.77. The molecule has 3 aromatic rings. The van der Waals surface area contributed by atoms with Gasteiger partial charge in [0.1, 0.15) is 10.7 Å². The third-order valence-electron chi connectivity index (χ3n) is 3.89. The van der Waals surface area contributed by atoms with Crippen molar-refractivity contribution in [2.45, 2.75) is 43.2 Å². The van der Waals surface area contributed by atoms with Gasteiger partial charge in [-0.3, -0.25) is 4.79 Å². The van der Waals surface area contributed by atoms with E-state index < -0.39 is 0 Å². The molecule has 0 fully saturated rings. The lowest BCUT2D eigenvalue weighted by atomic mass is 10.1. The molecule has 0 bridgehead atoms. The zero-order chi connectivity index (χ0) is 16.0. The normalized spacial score (nSPS) is 14.6.